The SMILES string of the molecule is CS(=O)(=O)Nc1ccc(-c2ccc3nc(N)nc(N(Br)c4ccccc4)c3c2)cc1. The second-order valence-electron chi connectivity index (χ2n) is 6.71. The summed E-state index contributed by atoms with van der Waals surface area (Å²) in [5.41, 5.74) is 9.93. The molecule has 0 aliphatic rings. The number of halogens is 1. The Labute approximate surface area is 183 Å². The van der Waals surface area contributed by atoms with Crippen molar-refractivity contribution >= 4 is 60.2 Å². The minimum Gasteiger partial charge on any atom is -0.368 e. The van der Waals surface area contributed by atoms with E-state index >= 15 is 0 Å². The number of nitrogen functional groups attached to an aromatic ring is 1. The topological polar surface area (TPSA) is 101 Å². The number of rotatable bonds is 5. The van der Waals surface area contributed by atoms with Gasteiger partial charge in [0.25, 0.3) is 0 Å². The average molecular weight is 484 g/mol. The molecule has 9 heteroatoms. The number of nitrogens with two attached hydrogens (primary N) is 1. The number of hydrogen-bond donors (Lipinski definition) is 2. The van der Waals surface area contributed by atoms with E-state index in [2.05, 4.69) is 30.8 Å². The number of aromatic nitrogens is 2. The molecule has 0 spiro atoms. The third-order valence-electron chi connectivity index (χ3n) is 4.38. The summed E-state index contributed by atoms with van der Waals surface area (Å²) in [6, 6.07) is 22.7. The fourth-order valence-electron chi connectivity index (χ4n) is 3.08. The van der Waals surface area contributed by atoms with Crippen molar-refractivity contribution in [2.45, 2.75) is 0 Å². The molecule has 0 fully saturated rings. The average Bonchev–Trinajstić information content (AvgIpc) is 2.72. The van der Waals surface area contributed by atoms with Crippen LogP contribution in [0.15, 0.2) is 72.8 Å². The number of hydrogen-bond acceptors (Lipinski definition) is 6. The Hall–Kier alpha value is -3.17. The monoisotopic (exact) mass is 483 g/mol. The van der Waals surface area contributed by atoms with Crippen molar-refractivity contribution < 1.29 is 8.42 Å². The Morgan fingerprint density at radius 3 is 2.27 bits per heavy atom. The molecule has 0 amide bonds. The van der Waals surface area contributed by atoms with Crippen LogP contribution in [0.4, 0.5) is 23.1 Å². The number of nitrogens with zero attached hydrogens (tertiary/aromatic N) is 3. The summed E-state index contributed by atoms with van der Waals surface area (Å²) in [4.78, 5) is 8.78. The first kappa shape index (κ1) is 20.1. The second kappa shape index (κ2) is 7.92. The zero-order chi connectivity index (χ0) is 21.3. The predicted molar refractivity (Wildman–Crippen MR) is 125 cm³/mol. The number of benzene rings is 3. The van der Waals surface area contributed by atoms with Crippen molar-refractivity contribution in [1.29, 1.82) is 0 Å². The van der Waals surface area contributed by atoms with Gasteiger partial charge in [0.15, 0.2) is 5.82 Å². The highest BCUT2D eigenvalue weighted by Crippen LogP contribution is 2.35. The van der Waals surface area contributed by atoms with Crippen molar-refractivity contribution in [3.8, 4) is 11.1 Å². The van der Waals surface area contributed by atoms with Gasteiger partial charge in [-0.1, -0.05) is 36.4 Å². The molecule has 1 aromatic heterocycles. The van der Waals surface area contributed by atoms with E-state index in [0.29, 0.717) is 11.5 Å². The van der Waals surface area contributed by atoms with Crippen LogP contribution in [0.25, 0.3) is 22.0 Å². The lowest BCUT2D eigenvalue weighted by molar-refractivity contribution is 0.607. The van der Waals surface area contributed by atoms with Crippen molar-refractivity contribution in [2.24, 2.45) is 0 Å². The minimum atomic E-state index is -3.32. The van der Waals surface area contributed by atoms with Crippen LogP contribution in [0.5, 0.6) is 0 Å². The molecular formula is C21H18BrN5O2S. The molecule has 3 N–H and O–H groups in total. The van der Waals surface area contributed by atoms with Gasteiger partial charge in [-0.15, -0.1) is 0 Å². The first-order chi connectivity index (χ1) is 14.3. The smallest absolute Gasteiger partial charge is 0.229 e. The van der Waals surface area contributed by atoms with Crippen LogP contribution >= 0.6 is 16.1 Å². The van der Waals surface area contributed by atoms with Crippen LogP contribution in [-0.2, 0) is 10.0 Å². The van der Waals surface area contributed by atoms with Crippen LogP contribution in [0.1, 0.15) is 0 Å². The van der Waals surface area contributed by atoms with E-state index in [0.717, 1.165) is 34.0 Å². The highest BCUT2D eigenvalue weighted by atomic mass is 79.9. The maximum absolute atomic E-state index is 11.4. The summed E-state index contributed by atoms with van der Waals surface area (Å²) >= 11 is 3.59. The first-order valence-electron chi connectivity index (χ1n) is 8.97. The van der Waals surface area contributed by atoms with E-state index in [1.54, 1.807) is 16.1 Å². The molecule has 0 atom stereocenters. The van der Waals surface area contributed by atoms with Gasteiger partial charge in [-0.2, -0.15) is 4.98 Å². The molecule has 30 heavy (non-hydrogen) atoms. The highest BCUT2D eigenvalue weighted by Gasteiger charge is 2.15. The van der Waals surface area contributed by atoms with Crippen molar-refractivity contribution in [1.82, 2.24) is 9.97 Å². The maximum Gasteiger partial charge on any atom is 0.229 e. The standard InChI is InChI=1S/C21H18BrN5O2S/c1-30(28,29)26-16-10-7-14(8-11-16)15-9-12-19-18(13-15)20(25-21(23)24-19)27(22)17-5-3-2-4-6-17/h2-13,26H,1H3,(H2,23,24,25). The van der Waals surface area contributed by atoms with Gasteiger partial charge < -0.3 is 5.73 Å². The summed E-state index contributed by atoms with van der Waals surface area (Å²) < 4.78 is 27.1. The van der Waals surface area contributed by atoms with E-state index in [9.17, 15) is 8.42 Å². The molecule has 0 aliphatic heterocycles. The van der Waals surface area contributed by atoms with Crippen LogP contribution in [0, 0.1) is 0 Å². The Kier molecular flexibility index (Phi) is 5.31. The van der Waals surface area contributed by atoms with Crippen LogP contribution in [0.3, 0.4) is 0 Å². The third kappa shape index (κ3) is 4.37. The molecule has 3 aromatic carbocycles. The summed E-state index contributed by atoms with van der Waals surface area (Å²) in [7, 11) is -3.32. The summed E-state index contributed by atoms with van der Waals surface area (Å²) in [6.45, 7) is 0. The highest BCUT2D eigenvalue weighted by molar-refractivity contribution is 9.10. The van der Waals surface area contributed by atoms with Gasteiger partial charge in [0, 0.05) is 11.1 Å². The number of anilines is 4. The minimum absolute atomic E-state index is 0.182. The molecule has 0 radical (unpaired) electrons. The van der Waals surface area contributed by atoms with Gasteiger partial charge in [0.2, 0.25) is 16.0 Å². The predicted octanol–water partition coefficient (Wildman–Crippen LogP) is 4.70. The van der Waals surface area contributed by atoms with Crippen LogP contribution in [-0.4, -0.2) is 24.6 Å². The molecule has 0 bridgehead atoms. The summed E-state index contributed by atoms with van der Waals surface area (Å²) in [6.07, 6.45) is 1.12. The molecule has 0 saturated carbocycles. The van der Waals surface area contributed by atoms with Gasteiger partial charge in [-0.3, -0.25) is 8.65 Å². The zero-order valence-corrected chi connectivity index (χ0v) is 18.4. The Bertz CT molecular complexity index is 1310. The number of sulfonamides is 1. The van der Waals surface area contributed by atoms with E-state index in [-0.39, 0.29) is 5.95 Å². The lowest BCUT2D eigenvalue weighted by Crippen LogP contribution is -2.09. The molecule has 0 aliphatic carbocycles. The van der Waals surface area contributed by atoms with Gasteiger partial charge in [0.05, 0.1) is 33.6 Å². The van der Waals surface area contributed by atoms with Crippen LogP contribution < -0.4 is 14.4 Å². The lowest BCUT2D eigenvalue weighted by Gasteiger charge is -2.18. The Morgan fingerprint density at radius 2 is 1.60 bits per heavy atom. The fraction of sp³-hybridized carbons (Fsp3) is 0.0476. The summed E-state index contributed by atoms with van der Waals surface area (Å²) in [5.74, 6) is 0.808. The molecule has 0 unspecified atom stereocenters. The molecule has 7 nitrogen and oxygen atoms in total. The fourth-order valence-corrected chi connectivity index (χ4v) is 4.16. The lowest BCUT2D eigenvalue weighted by atomic mass is 10.0. The number of nitrogens with one attached hydrogen (secondary N) is 1. The van der Waals surface area contributed by atoms with Crippen LogP contribution in [0.2, 0.25) is 0 Å². The first-order valence-corrected chi connectivity index (χ1v) is 11.6. The quantitative estimate of drug-likeness (QED) is 0.399. The van der Waals surface area contributed by atoms with Gasteiger partial charge >= 0.3 is 0 Å². The van der Waals surface area contributed by atoms with Crippen molar-refractivity contribution in [2.75, 3.05) is 20.6 Å². The maximum atomic E-state index is 11.4. The van der Waals surface area contributed by atoms with Gasteiger partial charge in [-0.25, -0.2) is 13.4 Å². The van der Waals surface area contributed by atoms with E-state index < -0.39 is 10.0 Å². The Morgan fingerprint density at radius 1 is 0.933 bits per heavy atom. The Balaban J connectivity index is 1.77. The number of para-hydroxylation sites is 1. The molecule has 152 valence electrons. The van der Waals surface area contributed by atoms with E-state index in [4.69, 9.17) is 5.73 Å². The largest absolute Gasteiger partial charge is 0.368 e. The molecule has 4 rings (SSSR count). The second-order valence-corrected chi connectivity index (χ2v) is 9.16. The molecule has 0 saturated heterocycles. The summed E-state index contributed by atoms with van der Waals surface area (Å²) in [5, 5.41) is 0.820. The zero-order valence-electron chi connectivity index (χ0n) is 15.9. The number of fused-ring (bicyclic) bond motifs is 1. The van der Waals surface area contributed by atoms with Gasteiger partial charge in [-0.05, 0) is 47.5 Å². The normalized spacial score (nSPS) is 11.4. The molecule has 1 heterocycles. The van der Waals surface area contributed by atoms with Gasteiger partial charge in [0.1, 0.15) is 0 Å². The molecular weight excluding hydrogens is 466 g/mol. The van der Waals surface area contributed by atoms with E-state index in [1.165, 1.54) is 0 Å². The third-order valence-corrected chi connectivity index (χ3v) is 5.74. The van der Waals surface area contributed by atoms with Crippen molar-refractivity contribution in [3.05, 3.63) is 72.8 Å². The van der Waals surface area contributed by atoms with Crippen molar-refractivity contribution in [3.63, 3.8) is 0 Å². The molecule has 4 aromatic rings. The van der Waals surface area contributed by atoms with E-state index in [1.807, 2.05) is 60.7 Å².